The number of pyridine rings is 1. The van der Waals surface area contributed by atoms with Crippen molar-refractivity contribution in [2.24, 2.45) is 7.05 Å². The van der Waals surface area contributed by atoms with E-state index in [0.717, 1.165) is 40.8 Å². The first-order valence-electron chi connectivity index (χ1n) is 12.5. The van der Waals surface area contributed by atoms with Crippen LogP contribution in [0.2, 0.25) is 0 Å². The Balaban J connectivity index is 1.32. The van der Waals surface area contributed by atoms with Crippen molar-refractivity contribution in [2.75, 3.05) is 25.0 Å². The van der Waals surface area contributed by atoms with Gasteiger partial charge in [-0.1, -0.05) is 19.1 Å². The van der Waals surface area contributed by atoms with Crippen LogP contribution in [0.3, 0.4) is 0 Å². The van der Waals surface area contributed by atoms with E-state index in [1.54, 1.807) is 29.2 Å². The quantitative estimate of drug-likeness (QED) is 0.360. The summed E-state index contributed by atoms with van der Waals surface area (Å²) >= 11 is 0. The van der Waals surface area contributed by atoms with E-state index < -0.39 is 11.7 Å². The molecule has 5 rings (SSSR count). The smallest absolute Gasteiger partial charge is 0.355 e. The average molecular weight is 510 g/mol. The molecular weight excluding hydrogens is 479 g/mol. The molecule has 1 aliphatic heterocycles. The van der Waals surface area contributed by atoms with E-state index in [4.69, 9.17) is 0 Å². The van der Waals surface area contributed by atoms with E-state index in [-0.39, 0.29) is 6.04 Å². The number of hydrogen-bond acceptors (Lipinski definition) is 6. The summed E-state index contributed by atoms with van der Waals surface area (Å²) in [5, 5.41) is 15.2. The Morgan fingerprint density at radius 3 is 2.49 bits per heavy atom. The number of benzene rings is 1. The molecule has 1 fully saturated rings. The number of anilines is 1. The normalized spacial score (nSPS) is 15.4. The molecule has 4 heterocycles. The van der Waals surface area contributed by atoms with Gasteiger partial charge in [0.2, 0.25) is 0 Å². The van der Waals surface area contributed by atoms with Crippen LogP contribution < -0.4 is 4.90 Å². The second-order valence-electron chi connectivity index (χ2n) is 9.59. The first-order chi connectivity index (χ1) is 17.8. The lowest BCUT2D eigenvalue weighted by Gasteiger charge is -2.37. The number of piperidine rings is 1. The highest BCUT2D eigenvalue weighted by Crippen LogP contribution is 2.35. The molecule has 0 unspecified atom stereocenters. The number of fused-ring (bicyclic) bond motifs is 1. The lowest BCUT2D eigenvalue weighted by atomic mass is 9.99. The third-order valence-corrected chi connectivity index (χ3v) is 7.35. The van der Waals surface area contributed by atoms with Crippen LogP contribution in [0.1, 0.15) is 36.5 Å². The number of hydrogen-bond donors (Lipinski definition) is 0. The highest BCUT2D eigenvalue weighted by molar-refractivity contribution is 5.99. The van der Waals surface area contributed by atoms with Crippen LogP contribution in [-0.2, 0) is 26.2 Å². The third-order valence-electron chi connectivity index (χ3n) is 7.35. The van der Waals surface area contributed by atoms with Gasteiger partial charge in [0.05, 0.1) is 11.3 Å². The van der Waals surface area contributed by atoms with Gasteiger partial charge in [-0.05, 0) is 48.6 Å². The molecule has 0 radical (unpaired) electrons. The average Bonchev–Trinajstić information content (AvgIpc) is 3.33. The van der Waals surface area contributed by atoms with Crippen molar-refractivity contribution in [3.8, 4) is 11.4 Å². The number of rotatable bonds is 6. The van der Waals surface area contributed by atoms with Gasteiger partial charge < -0.3 is 4.90 Å². The molecule has 4 aromatic rings. The van der Waals surface area contributed by atoms with Gasteiger partial charge in [-0.2, -0.15) is 18.3 Å². The van der Waals surface area contributed by atoms with Gasteiger partial charge in [0.25, 0.3) is 0 Å². The van der Waals surface area contributed by atoms with E-state index in [9.17, 15) is 13.2 Å². The molecule has 1 aromatic carbocycles. The molecule has 0 atom stereocenters. The van der Waals surface area contributed by atoms with Crippen LogP contribution in [0.4, 0.5) is 19.0 Å². The monoisotopic (exact) mass is 509 g/mol. The van der Waals surface area contributed by atoms with Gasteiger partial charge in [0, 0.05) is 69.1 Å². The number of halogens is 3. The third kappa shape index (κ3) is 5.02. The van der Waals surface area contributed by atoms with Crippen LogP contribution in [0.15, 0.2) is 48.9 Å². The number of likely N-dealkylation sites (tertiary alicyclic amines) is 1. The summed E-state index contributed by atoms with van der Waals surface area (Å²) in [6.45, 7) is 3.57. The van der Waals surface area contributed by atoms with Crippen LogP contribution in [-0.4, -0.2) is 56.0 Å². The second-order valence-corrected chi connectivity index (χ2v) is 9.59. The Morgan fingerprint density at radius 1 is 1.03 bits per heavy atom. The topological polar surface area (TPSA) is 63.0 Å². The molecule has 3 aromatic heterocycles. The standard InChI is InChI=1S/C27H30F3N7/c1-4-18-5-6-19(23(15-18)27(28,29)30)17-37-13-9-20(10-14-37)35(2)26-22-16-31-11-7-21(22)25(33-34-26)24-8-12-32-36(24)3/h5-8,11-12,15-16,20H,4,9-10,13-14,17H2,1-3H3. The highest BCUT2D eigenvalue weighted by Gasteiger charge is 2.34. The molecule has 10 heteroatoms. The molecule has 194 valence electrons. The largest absolute Gasteiger partial charge is 0.416 e. The molecule has 0 saturated carbocycles. The first kappa shape index (κ1) is 25.1. The molecule has 37 heavy (non-hydrogen) atoms. The summed E-state index contributed by atoms with van der Waals surface area (Å²) in [5.41, 5.74) is 2.14. The summed E-state index contributed by atoms with van der Waals surface area (Å²) in [5.74, 6) is 0.752. The minimum Gasteiger partial charge on any atom is -0.355 e. The van der Waals surface area contributed by atoms with Crippen LogP contribution >= 0.6 is 0 Å². The molecule has 1 saturated heterocycles. The van der Waals surface area contributed by atoms with Gasteiger partial charge in [-0.15, -0.1) is 10.2 Å². The Bertz CT molecular complexity index is 1390. The fourth-order valence-electron chi connectivity index (χ4n) is 5.16. The maximum absolute atomic E-state index is 13.7. The highest BCUT2D eigenvalue weighted by atomic mass is 19.4. The molecule has 0 bridgehead atoms. The summed E-state index contributed by atoms with van der Waals surface area (Å²) < 4.78 is 42.9. The van der Waals surface area contributed by atoms with Crippen LogP contribution in [0.5, 0.6) is 0 Å². The summed E-state index contributed by atoms with van der Waals surface area (Å²) in [7, 11) is 3.87. The summed E-state index contributed by atoms with van der Waals surface area (Å²) in [4.78, 5) is 8.57. The van der Waals surface area contributed by atoms with Crippen LogP contribution in [0.25, 0.3) is 22.2 Å². The van der Waals surface area contributed by atoms with Crippen molar-refractivity contribution in [1.29, 1.82) is 0 Å². The Morgan fingerprint density at radius 2 is 1.81 bits per heavy atom. The molecule has 7 nitrogen and oxygen atoms in total. The molecule has 0 aliphatic carbocycles. The SMILES string of the molecule is CCc1ccc(CN2CCC(N(C)c3nnc(-c4ccnn4C)c4ccncc34)CC2)c(C(F)(F)F)c1. The Hall–Kier alpha value is -3.53. The Kier molecular flexibility index (Phi) is 6.85. The lowest BCUT2D eigenvalue weighted by Crippen LogP contribution is -2.43. The zero-order valence-corrected chi connectivity index (χ0v) is 21.2. The van der Waals surface area contributed by atoms with Gasteiger partial charge in [-0.3, -0.25) is 14.6 Å². The van der Waals surface area contributed by atoms with E-state index >= 15 is 0 Å². The molecule has 1 aliphatic rings. The van der Waals surface area contributed by atoms with Crippen molar-refractivity contribution in [1.82, 2.24) is 29.9 Å². The predicted molar refractivity (Wildman–Crippen MR) is 137 cm³/mol. The van der Waals surface area contributed by atoms with Crippen molar-refractivity contribution in [3.05, 3.63) is 65.6 Å². The lowest BCUT2D eigenvalue weighted by molar-refractivity contribution is -0.138. The fraction of sp³-hybridized carbons (Fsp3) is 0.407. The van der Waals surface area contributed by atoms with Crippen molar-refractivity contribution < 1.29 is 13.2 Å². The summed E-state index contributed by atoms with van der Waals surface area (Å²) in [6, 6.07) is 8.78. The number of aromatic nitrogens is 5. The number of alkyl halides is 3. The fourth-order valence-corrected chi connectivity index (χ4v) is 5.16. The van der Waals surface area contributed by atoms with Crippen LogP contribution in [0, 0.1) is 0 Å². The van der Waals surface area contributed by atoms with E-state index in [2.05, 4.69) is 30.1 Å². The zero-order chi connectivity index (χ0) is 26.2. The van der Waals surface area contributed by atoms with Crippen molar-refractivity contribution in [3.63, 3.8) is 0 Å². The van der Waals surface area contributed by atoms with Crippen molar-refractivity contribution in [2.45, 2.75) is 44.9 Å². The zero-order valence-electron chi connectivity index (χ0n) is 21.2. The number of aryl methyl sites for hydroxylation is 2. The van der Waals surface area contributed by atoms with Gasteiger partial charge >= 0.3 is 6.18 Å². The van der Waals surface area contributed by atoms with Crippen molar-refractivity contribution >= 4 is 16.6 Å². The maximum atomic E-state index is 13.7. The van der Waals surface area contributed by atoms with Gasteiger partial charge in [0.15, 0.2) is 5.82 Å². The minimum atomic E-state index is -4.35. The van der Waals surface area contributed by atoms with E-state index in [0.29, 0.717) is 37.2 Å². The molecule has 0 amide bonds. The molecular formula is C27H30F3N7. The van der Waals surface area contributed by atoms with E-state index in [1.807, 2.05) is 39.3 Å². The first-order valence-corrected chi connectivity index (χ1v) is 12.5. The van der Waals surface area contributed by atoms with Gasteiger partial charge in [0.1, 0.15) is 5.69 Å². The summed E-state index contributed by atoms with van der Waals surface area (Å²) in [6.07, 6.45) is 3.15. The predicted octanol–water partition coefficient (Wildman–Crippen LogP) is 5.11. The van der Waals surface area contributed by atoms with E-state index in [1.165, 1.54) is 6.07 Å². The molecule has 0 N–H and O–H groups in total. The van der Waals surface area contributed by atoms with Gasteiger partial charge in [-0.25, -0.2) is 0 Å². The Labute approximate surface area is 213 Å². The molecule has 0 spiro atoms. The second kappa shape index (κ2) is 10.1. The maximum Gasteiger partial charge on any atom is 0.416 e. The number of nitrogens with zero attached hydrogens (tertiary/aromatic N) is 7. The minimum absolute atomic E-state index is 0.195.